The average Bonchev–Trinajstić information content (AvgIpc) is 3.22. The molecule has 5 rings (SSSR count). The molecule has 0 bridgehead atoms. The molecule has 1 atom stereocenters. The zero-order chi connectivity index (χ0) is 22.3. The Morgan fingerprint density at radius 2 is 1.81 bits per heavy atom. The minimum atomic E-state index is -3.79. The maximum atomic E-state index is 13.3. The molecule has 6 nitrogen and oxygen atoms in total. The van der Waals surface area contributed by atoms with Gasteiger partial charge in [0, 0.05) is 48.0 Å². The molecule has 0 radical (unpaired) electrons. The van der Waals surface area contributed by atoms with Crippen LogP contribution in [0.2, 0.25) is 0 Å². The van der Waals surface area contributed by atoms with Crippen molar-refractivity contribution in [2.75, 3.05) is 30.3 Å². The summed E-state index contributed by atoms with van der Waals surface area (Å²) in [6.07, 6.45) is 3.72. The largest absolute Gasteiger partial charge is 0.377 e. The molecule has 0 saturated heterocycles. The van der Waals surface area contributed by atoms with Crippen LogP contribution >= 0.6 is 11.8 Å². The highest BCUT2D eigenvalue weighted by Crippen LogP contribution is 2.35. The van der Waals surface area contributed by atoms with Gasteiger partial charge in [0.25, 0.3) is 10.0 Å². The van der Waals surface area contributed by atoms with Crippen LogP contribution in [0.4, 0.5) is 11.4 Å². The smallest absolute Gasteiger partial charge is 0.262 e. The van der Waals surface area contributed by atoms with Gasteiger partial charge in [-0.2, -0.15) is 0 Å². The van der Waals surface area contributed by atoms with Crippen LogP contribution < -0.4 is 9.62 Å². The molecule has 2 heterocycles. The van der Waals surface area contributed by atoms with Crippen molar-refractivity contribution in [1.82, 2.24) is 0 Å². The number of dihydropyridines is 1. The van der Waals surface area contributed by atoms with Crippen molar-refractivity contribution >= 4 is 55.2 Å². The Morgan fingerprint density at radius 1 is 1.03 bits per heavy atom. The first kappa shape index (κ1) is 20.8. The lowest BCUT2D eigenvalue weighted by molar-refractivity contribution is 0.602. The number of sulfonamides is 1. The Bertz CT molecular complexity index is 1410. The van der Waals surface area contributed by atoms with Crippen molar-refractivity contribution < 1.29 is 8.42 Å². The van der Waals surface area contributed by atoms with Gasteiger partial charge >= 0.3 is 0 Å². The van der Waals surface area contributed by atoms with E-state index in [1.165, 1.54) is 0 Å². The summed E-state index contributed by atoms with van der Waals surface area (Å²) in [7, 11) is 0.102. The second kappa shape index (κ2) is 8.11. The number of allylic oxidation sites excluding steroid dienone is 1. The van der Waals surface area contributed by atoms with E-state index in [1.54, 1.807) is 36.2 Å². The number of thioether (sulfide) groups is 1. The Morgan fingerprint density at radius 3 is 2.62 bits per heavy atom. The van der Waals surface area contributed by atoms with Crippen molar-refractivity contribution in [3.8, 4) is 0 Å². The monoisotopic (exact) mass is 462 g/mol. The molecule has 2 aliphatic heterocycles. The predicted molar refractivity (Wildman–Crippen MR) is 135 cm³/mol. The normalized spacial score (nSPS) is 17.6. The highest BCUT2D eigenvalue weighted by molar-refractivity contribution is 8.15. The summed E-state index contributed by atoms with van der Waals surface area (Å²) < 4.78 is 29.5. The molecule has 0 spiro atoms. The third-order valence-corrected chi connectivity index (χ3v) is 8.09. The molecule has 3 aromatic rings. The summed E-state index contributed by atoms with van der Waals surface area (Å²) in [5.74, 6) is 0. The highest BCUT2D eigenvalue weighted by Gasteiger charge is 2.27. The standard InChI is InChI=1S/C24H22N4O2S2/c1-28(2)21-10-4-9-19-18(21)8-5-11-23(19)32(29,30)27-17-7-3-6-16(14-17)24-26-20-12-13-25-15-22(20)31-24/h3-14,22,27H,15H2,1-2H3/t22-/m0/s1. The van der Waals surface area contributed by atoms with Gasteiger partial charge in [0.1, 0.15) is 5.04 Å². The molecule has 0 unspecified atom stereocenters. The molecule has 8 heteroatoms. The first-order valence-corrected chi connectivity index (χ1v) is 12.6. The number of fused-ring (bicyclic) bond motifs is 2. The second-order valence-corrected chi connectivity index (χ2v) is 10.7. The van der Waals surface area contributed by atoms with Crippen LogP contribution in [0.15, 0.2) is 87.3 Å². The van der Waals surface area contributed by atoms with Gasteiger partial charge in [-0.05, 0) is 30.3 Å². The van der Waals surface area contributed by atoms with E-state index >= 15 is 0 Å². The molecule has 2 aliphatic rings. The van der Waals surface area contributed by atoms with Gasteiger partial charge in [0.2, 0.25) is 0 Å². The summed E-state index contributed by atoms with van der Waals surface area (Å²) in [5, 5.41) is 2.70. The number of anilines is 2. The minimum Gasteiger partial charge on any atom is -0.377 e. The maximum Gasteiger partial charge on any atom is 0.262 e. The van der Waals surface area contributed by atoms with Crippen molar-refractivity contribution in [3.05, 3.63) is 78.0 Å². The molecule has 0 aromatic heterocycles. The number of nitrogens with one attached hydrogen (secondary N) is 1. The van der Waals surface area contributed by atoms with Gasteiger partial charge in [-0.1, -0.05) is 48.2 Å². The van der Waals surface area contributed by atoms with Gasteiger partial charge in [0.15, 0.2) is 0 Å². The lowest BCUT2D eigenvalue weighted by Gasteiger charge is -2.17. The van der Waals surface area contributed by atoms with Gasteiger partial charge in [-0.25, -0.2) is 13.4 Å². The zero-order valence-electron chi connectivity index (χ0n) is 17.7. The highest BCUT2D eigenvalue weighted by atomic mass is 32.2. The summed E-state index contributed by atoms with van der Waals surface area (Å²) in [6, 6.07) is 18.4. The lowest BCUT2D eigenvalue weighted by atomic mass is 10.1. The molecule has 3 aromatic carbocycles. The molecule has 0 saturated carbocycles. The van der Waals surface area contributed by atoms with E-state index < -0.39 is 10.0 Å². The van der Waals surface area contributed by atoms with E-state index in [1.807, 2.05) is 67.5 Å². The van der Waals surface area contributed by atoms with Crippen molar-refractivity contribution in [3.63, 3.8) is 0 Å². The molecular formula is C24H22N4O2S2. The first-order valence-electron chi connectivity index (χ1n) is 10.2. The van der Waals surface area contributed by atoms with Crippen LogP contribution in [0, 0.1) is 0 Å². The second-order valence-electron chi connectivity index (χ2n) is 7.84. The molecule has 1 N–H and O–H groups in total. The van der Waals surface area contributed by atoms with Crippen LogP contribution in [0.1, 0.15) is 5.56 Å². The first-order chi connectivity index (χ1) is 15.4. The van der Waals surface area contributed by atoms with E-state index in [2.05, 4.69) is 9.71 Å². The summed E-state index contributed by atoms with van der Waals surface area (Å²) in [6.45, 7) is 0.714. The molecular weight excluding hydrogens is 440 g/mol. The number of hydrogen-bond acceptors (Lipinski definition) is 6. The van der Waals surface area contributed by atoms with E-state index in [-0.39, 0.29) is 10.1 Å². The van der Waals surface area contributed by atoms with E-state index in [4.69, 9.17) is 4.99 Å². The van der Waals surface area contributed by atoms with E-state index in [9.17, 15) is 8.42 Å². The van der Waals surface area contributed by atoms with Gasteiger partial charge in [0.05, 0.1) is 22.4 Å². The predicted octanol–water partition coefficient (Wildman–Crippen LogP) is 4.54. The summed E-state index contributed by atoms with van der Waals surface area (Å²) in [4.78, 5) is 11.2. The number of benzene rings is 3. The lowest BCUT2D eigenvalue weighted by Crippen LogP contribution is -2.14. The average molecular weight is 463 g/mol. The Hall–Kier alpha value is -3.10. The third kappa shape index (κ3) is 3.80. The van der Waals surface area contributed by atoms with E-state index in [0.717, 1.165) is 27.4 Å². The van der Waals surface area contributed by atoms with Crippen LogP contribution in [0.3, 0.4) is 0 Å². The number of hydrogen-bond donors (Lipinski definition) is 1. The zero-order valence-corrected chi connectivity index (χ0v) is 19.3. The van der Waals surface area contributed by atoms with Crippen LogP contribution in [-0.4, -0.2) is 45.6 Å². The molecule has 0 fully saturated rings. The Balaban J connectivity index is 1.48. The SMILES string of the molecule is CN(C)c1cccc2c(S(=O)(=O)Nc3cccc(C4=NC5=CC=NC[C@@H]5S4)c3)cccc12. The molecule has 162 valence electrons. The minimum absolute atomic E-state index is 0.233. The van der Waals surface area contributed by atoms with Gasteiger partial charge < -0.3 is 4.90 Å². The fourth-order valence-corrected chi connectivity index (χ4v) is 6.29. The van der Waals surface area contributed by atoms with Crippen LogP contribution in [-0.2, 0) is 10.0 Å². The molecule has 0 amide bonds. The van der Waals surface area contributed by atoms with Crippen LogP contribution in [0.25, 0.3) is 10.8 Å². The van der Waals surface area contributed by atoms with Crippen molar-refractivity contribution in [2.24, 2.45) is 9.98 Å². The fourth-order valence-electron chi connectivity index (χ4n) is 3.92. The Kier molecular flexibility index (Phi) is 5.27. The topological polar surface area (TPSA) is 74.1 Å². The number of rotatable bonds is 5. The van der Waals surface area contributed by atoms with Crippen molar-refractivity contribution in [1.29, 1.82) is 0 Å². The fraction of sp³-hybridized carbons (Fsp3) is 0.167. The van der Waals surface area contributed by atoms with Gasteiger partial charge in [-0.3, -0.25) is 9.71 Å². The summed E-state index contributed by atoms with van der Waals surface area (Å²) >= 11 is 1.66. The molecule has 32 heavy (non-hydrogen) atoms. The van der Waals surface area contributed by atoms with Gasteiger partial charge in [-0.15, -0.1) is 0 Å². The van der Waals surface area contributed by atoms with Crippen molar-refractivity contribution in [2.45, 2.75) is 10.1 Å². The maximum absolute atomic E-state index is 13.3. The van der Waals surface area contributed by atoms with Crippen LogP contribution in [0.5, 0.6) is 0 Å². The number of nitrogens with zero attached hydrogens (tertiary/aromatic N) is 3. The van der Waals surface area contributed by atoms with E-state index in [0.29, 0.717) is 17.6 Å². The Labute approximate surface area is 191 Å². The molecule has 0 aliphatic carbocycles. The third-order valence-electron chi connectivity index (χ3n) is 5.43. The summed E-state index contributed by atoms with van der Waals surface area (Å²) in [5.41, 5.74) is 3.38. The number of aliphatic imine (C=N–C) groups is 2. The quantitative estimate of drug-likeness (QED) is 0.604.